The van der Waals surface area contributed by atoms with Crippen LogP contribution in [0.15, 0.2) is 206 Å². The third-order valence-electron chi connectivity index (χ3n) is 13.5. The van der Waals surface area contributed by atoms with Gasteiger partial charge in [0.15, 0.2) is 0 Å². The number of hydrogen-bond donors (Lipinski definition) is 0. The van der Waals surface area contributed by atoms with Crippen LogP contribution in [-0.2, 0) is 0 Å². The molecule has 0 amide bonds. The Bertz CT molecular complexity index is 3700. The first-order valence-electron chi connectivity index (χ1n) is 21.0. The second-order valence-corrected chi connectivity index (χ2v) is 16.9. The molecule has 0 saturated heterocycles. The van der Waals surface area contributed by atoms with Gasteiger partial charge in [-0.1, -0.05) is 146 Å². The van der Waals surface area contributed by atoms with Crippen LogP contribution in [0.1, 0.15) is 0 Å². The van der Waals surface area contributed by atoms with Gasteiger partial charge in [0.2, 0.25) is 0 Å². The minimum atomic E-state index is 1.20. The summed E-state index contributed by atoms with van der Waals surface area (Å²) in [6, 6.07) is 78.0. The molecule has 0 saturated carbocycles. The number of rotatable bonds is 4. The van der Waals surface area contributed by atoms with Crippen molar-refractivity contribution in [2.24, 2.45) is 0 Å². The molecule has 14 rings (SSSR count). The molecule has 0 aliphatic carbocycles. The Kier molecular flexibility index (Phi) is 6.38. The Labute approximate surface area is 346 Å². The third kappa shape index (κ3) is 4.62. The van der Waals surface area contributed by atoms with E-state index in [0.29, 0.717) is 0 Å². The van der Waals surface area contributed by atoms with E-state index in [2.05, 4.69) is 206 Å². The number of benzene rings is 14. The lowest BCUT2D eigenvalue weighted by Gasteiger charge is -2.17. The second kappa shape index (κ2) is 11.9. The molecule has 14 aromatic carbocycles. The van der Waals surface area contributed by atoms with Crippen LogP contribution in [0.3, 0.4) is 0 Å². The zero-order valence-corrected chi connectivity index (χ0v) is 32.6. The maximum Gasteiger partial charge on any atom is -0.00264 e. The molecule has 0 heteroatoms. The van der Waals surface area contributed by atoms with E-state index in [1.54, 1.807) is 0 Å². The van der Waals surface area contributed by atoms with E-state index in [4.69, 9.17) is 0 Å². The molecular formula is C60H34. The maximum absolute atomic E-state index is 2.41. The van der Waals surface area contributed by atoms with E-state index in [0.717, 1.165) is 0 Å². The van der Waals surface area contributed by atoms with Gasteiger partial charge >= 0.3 is 0 Å². The van der Waals surface area contributed by atoms with Gasteiger partial charge in [0.25, 0.3) is 0 Å². The lowest BCUT2D eigenvalue weighted by molar-refractivity contribution is 1.58. The highest BCUT2D eigenvalue weighted by atomic mass is 14.2. The molecular weight excluding hydrogens is 721 g/mol. The smallest absolute Gasteiger partial charge is 0.00264 e. The molecule has 0 aliphatic rings. The first-order valence-corrected chi connectivity index (χ1v) is 21.0. The highest BCUT2D eigenvalue weighted by molar-refractivity contribution is 6.26. The molecule has 0 N–H and O–H groups in total. The van der Waals surface area contributed by atoms with Crippen molar-refractivity contribution in [1.29, 1.82) is 0 Å². The molecule has 0 nitrogen and oxygen atoms in total. The lowest BCUT2D eigenvalue weighted by Crippen LogP contribution is -1.90. The molecule has 0 fully saturated rings. The zero-order chi connectivity index (χ0) is 39.1. The Morgan fingerprint density at radius 2 is 0.317 bits per heavy atom. The van der Waals surface area contributed by atoms with Crippen LogP contribution in [0.4, 0.5) is 0 Å². The van der Waals surface area contributed by atoms with Crippen LogP contribution >= 0.6 is 0 Å². The molecule has 14 aromatic rings. The summed E-state index contributed by atoms with van der Waals surface area (Å²) in [6.45, 7) is 0. The summed E-state index contributed by atoms with van der Waals surface area (Å²) in [5.41, 5.74) is 9.75. The van der Waals surface area contributed by atoms with Crippen molar-refractivity contribution in [3.8, 4) is 44.5 Å². The summed E-state index contributed by atoms with van der Waals surface area (Å²) in [5, 5.41) is 23.5. The van der Waals surface area contributed by atoms with E-state index < -0.39 is 0 Å². The van der Waals surface area contributed by atoms with Gasteiger partial charge < -0.3 is 0 Å². The van der Waals surface area contributed by atoms with Gasteiger partial charge in [-0.05, 0) is 202 Å². The summed E-state index contributed by atoms with van der Waals surface area (Å²) in [5.74, 6) is 0. The van der Waals surface area contributed by atoms with Gasteiger partial charge in [-0.3, -0.25) is 0 Å². The monoisotopic (exact) mass is 754 g/mol. The average Bonchev–Trinajstić information content (AvgIpc) is 3.31. The van der Waals surface area contributed by atoms with Crippen LogP contribution in [0.5, 0.6) is 0 Å². The molecule has 0 heterocycles. The highest BCUT2D eigenvalue weighted by Crippen LogP contribution is 2.43. The summed E-state index contributed by atoms with van der Waals surface area (Å²) in [7, 11) is 0. The van der Waals surface area contributed by atoms with Crippen molar-refractivity contribution in [1.82, 2.24) is 0 Å². The Balaban J connectivity index is 0.978. The SMILES string of the molecule is c1cc(-c2cc(-c3cc4ccc5cccc6ccc(c3)c4c56)cc(-c3cc4ccc5cccc6ccc(c3)c4c56)c2)cc(-c2cc3ccc4cccc5ccc(c2)c3c45)c1. The molecule has 0 spiro atoms. The fraction of sp³-hybridized carbons (Fsp3) is 0. The van der Waals surface area contributed by atoms with Crippen molar-refractivity contribution >= 4 is 97.0 Å². The van der Waals surface area contributed by atoms with Crippen molar-refractivity contribution < 1.29 is 0 Å². The maximum atomic E-state index is 2.41. The predicted molar refractivity (Wildman–Crippen MR) is 259 cm³/mol. The molecule has 0 aliphatic heterocycles. The van der Waals surface area contributed by atoms with Gasteiger partial charge in [-0.15, -0.1) is 0 Å². The minimum Gasteiger partial charge on any atom is -0.0610 e. The van der Waals surface area contributed by atoms with Gasteiger partial charge in [0, 0.05) is 0 Å². The van der Waals surface area contributed by atoms with E-state index in [-0.39, 0.29) is 0 Å². The van der Waals surface area contributed by atoms with E-state index in [1.807, 2.05) is 0 Å². The molecule has 0 radical (unpaired) electrons. The Morgan fingerprint density at radius 3 is 0.617 bits per heavy atom. The fourth-order valence-corrected chi connectivity index (χ4v) is 10.8. The van der Waals surface area contributed by atoms with Crippen LogP contribution < -0.4 is 0 Å². The van der Waals surface area contributed by atoms with Gasteiger partial charge in [0.1, 0.15) is 0 Å². The third-order valence-corrected chi connectivity index (χ3v) is 13.5. The zero-order valence-electron chi connectivity index (χ0n) is 32.6. The van der Waals surface area contributed by atoms with E-state index in [9.17, 15) is 0 Å². The predicted octanol–water partition coefficient (Wildman–Crippen LogP) is 17.0. The van der Waals surface area contributed by atoms with Crippen molar-refractivity contribution in [3.05, 3.63) is 206 Å². The fourth-order valence-electron chi connectivity index (χ4n) is 10.8. The molecule has 0 unspecified atom stereocenters. The Morgan fingerprint density at radius 1 is 0.133 bits per heavy atom. The molecule has 0 atom stereocenters. The van der Waals surface area contributed by atoms with Crippen LogP contribution in [0, 0.1) is 0 Å². The minimum absolute atomic E-state index is 1.20. The van der Waals surface area contributed by atoms with Crippen LogP contribution in [-0.4, -0.2) is 0 Å². The summed E-state index contributed by atoms with van der Waals surface area (Å²) in [6.07, 6.45) is 0. The second-order valence-electron chi connectivity index (χ2n) is 16.9. The number of hydrogen-bond acceptors (Lipinski definition) is 0. The molecule has 0 bridgehead atoms. The van der Waals surface area contributed by atoms with Gasteiger partial charge in [0.05, 0.1) is 0 Å². The largest absolute Gasteiger partial charge is 0.0610 e. The van der Waals surface area contributed by atoms with E-state index in [1.165, 1.54) is 141 Å². The highest BCUT2D eigenvalue weighted by Gasteiger charge is 2.16. The quantitative estimate of drug-likeness (QED) is 0.157. The van der Waals surface area contributed by atoms with E-state index >= 15 is 0 Å². The first kappa shape index (κ1) is 32.2. The van der Waals surface area contributed by atoms with Gasteiger partial charge in [-0.2, -0.15) is 0 Å². The van der Waals surface area contributed by atoms with Crippen molar-refractivity contribution in [3.63, 3.8) is 0 Å². The van der Waals surface area contributed by atoms with Crippen molar-refractivity contribution in [2.75, 3.05) is 0 Å². The summed E-state index contributed by atoms with van der Waals surface area (Å²) < 4.78 is 0. The van der Waals surface area contributed by atoms with Crippen LogP contribution in [0.2, 0.25) is 0 Å². The Hall–Kier alpha value is -7.80. The normalized spacial score (nSPS) is 12.3. The molecule has 60 heavy (non-hydrogen) atoms. The first-order chi connectivity index (χ1) is 29.7. The molecule has 0 aromatic heterocycles. The van der Waals surface area contributed by atoms with Gasteiger partial charge in [-0.25, -0.2) is 0 Å². The average molecular weight is 755 g/mol. The summed E-state index contributed by atoms with van der Waals surface area (Å²) in [4.78, 5) is 0. The molecule has 274 valence electrons. The topological polar surface area (TPSA) is 0 Å². The van der Waals surface area contributed by atoms with Crippen LogP contribution in [0.25, 0.3) is 141 Å². The standard InChI is InChI=1S/C60H34/c1-5-35-13-19-43-26-49(27-44-20-14-36(6-1)55(35)58(43)44)41-11-4-12-42(25-41)50-32-53(51-28-45-21-15-37-7-2-8-38-16-22-46(29-51)59(45)56(37)38)34-54(33-50)52-30-47-23-17-39-9-3-10-40-18-24-48(31-52)60(47)57(39)40/h1-34H. The van der Waals surface area contributed by atoms with Crippen molar-refractivity contribution in [2.45, 2.75) is 0 Å². The lowest BCUT2D eigenvalue weighted by atomic mass is 9.87. The summed E-state index contributed by atoms with van der Waals surface area (Å²) >= 11 is 0.